The second-order valence-corrected chi connectivity index (χ2v) is 6.37. The molecule has 1 heterocycles. The first-order chi connectivity index (χ1) is 12.3. The van der Waals surface area contributed by atoms with Crippen molar-refractivity contribution in [2.45, 2.75) is 38.2 Å². The van der Waals surface area contributed by atoms with E-state index >= 15 is 0 Å². The number of carbonyl (C=O) groups excluding carboxylic acids is 1. The summed E-state index contributed by atoms with van der Waals surface area (Å²) >= 11 is 0. The first-order valence-electron chi connectivity index (χ1n) is 8.68. The third-order valence-electron chi connectivity index (χ3n) is 4.54. The summed E-state index contributed by atoms with van der Waals surface area (Å²) in [6.45, 7) is 0. The molecule has 3 aromatic rings. The minimum atomic E-state index is -0.137. The van der Waals surface area contributed by atoms with Crippen LogP contribution in [0.5, 0.6) is 5.75 Å². The monoisotopic (exact) mass is 336 g/mol. The number of hydrogen-bond acceptors (Lipinski definition) is 4. The maximum absolute atomic E-state index is 12.5. The van der Waals surface area contributed by atoms with Crippen molar-refractivity contribution >= 4 is 22.6 Å². The van der Waals surface area contributed by atoms with Crippen molar-refractivity contribution in [2.24, 2.45) is 0 Å². The molecule has 1 aliphatic rings. The van der Waals surface area contributed by atoms with E-state index < -0.39 is 0 Å². The van der Waals surface area contributed by atoms with E-state index in [4.69, 9.17) is 9.26 Å². The molecule has 2 aromatic carbocycles. The predicted molar refractivity (Wildman–Crippen MR) is 95.7 cm³/mol. The van der Waals surface area contributed by atoms with Gasteiger partial charge in [-0.2, -0.15) is 0 Å². The van der Waals surface area contributed by atoms with E-state index in [0.29, 0.717) is 17.0 Å². The fraction of sp³-hybridized carbons (Fsp3) is 0.300. The number of para-hydroxylation sites is 3. The Labute approximate surface area is 146 Å². The quantitative estimate of drug-likeness (QED) is 0.753. The molecule has 0 saturated heterocycles. The van der Waals surface area contributed by atoms with Gasteiger partial charge in [-0.15, -0.1) is 0 Å². The van der Waals surface area contributed by atoms with E-state index in [1.54, 1.807) is 0 Å². The molecule has 1 saturated carbocycles. The molecule has 5 heteroatoms. The van der Waals surface area contributed by atoms with Crippen LogP contribution in [-0.2, 0) is 11.2 Å². The third-order valence-corrected chi connectivity index (χ3v) is 4.54. The minimum Gasteiger partial charge on any atom is -0.488 e. The van der Waals surface area contributed by atoms with Crippen molar-refractivity contribution in [3.05, 3.63) is 54.2 Å². The summed E-state index contributed by atoms with van der Waals surface area (Å²) < 4.78 is 11.3. The van der Waals surface area contributed by atoms with Crippen molar-refractivity contribution in [2.75, 3.05) is 5.32 Å². The van der Waals surface area contributed by atoms with E-state index in [9.17, 15) is 4.79 Å². The second-order valence-electron chi connectivity index (χ2n) is 6.37. The Hall–Kier alpha value is -2.82. The van der Waals surface area contributed by atoms with Crippen LogP contribution in [0.4, 0.5) is 5.69 Å². The van der Waals surface area contributed by atoms with E-state index in [-0.39, 0.29) is 18.4 Å². The number of benzene rings is 2. The molecule has 5 nitrogen and oxygen atoms in total. The molecule has 0 aliphatic heterocycles. The zero-order valence-corrected chi connectivity index (χ0v) is 13.9. The highest BCUT2D eigenvalue weighted by Crippen LogP contribution is 2.30. The standard InChI is InChI=1S/C20H20N2O3/c23-20(13-17-15-9-3-5-11-18(15)25-22-17)21-16-10-4-6-12-19(16)24-14-7-1-2-8-14/h3-6,9-12,14H,1-2,7-8,13H2,(H,21,23). The molecule has 1 N–H and O–H groups in total. The van der Waals surface area contributed by atoms with Gasteiger partial charge in [-0.05, 0) is 49.9 Å². The Balaban J connectivity index is 1.47. The Kier molecular flexibility index (Phi) is 4.37. The lowest BCUT2D eigenvalue weighted by atomic mass is 10.1. The van der Waals surface area contributed by atoms with Crippen molar-refractivity contribution in [3.63, 3.8) is 0 Å². The lowest BCUT2D eigenvalue weighted by Crippen LogP contribution is -2.17. The van der Waals surface area contributed by atoms with Crippen LogP contribution in [0.15, 0.2) is 53.1 Å². The highest BCUT2D eigenvalue weighted by atomic mass is 16.5. The van der Waals surface area contributed by atoms with E-state index in [1.807, 2.05) is 48.5 Å². The Morgan fingerprint density at radius 2 is 1.88 bits per heavy atom. The molecule has 0 unspecified atom stereocenters. The summed E-state index contributed by atoms with van der Waals surface area (Å²) in [5.74, 6) is 0.592. The SMILES string of the molecule is O=C(Cc1noc2ccccc12)Nc1ccccc1OC1CCCC1. The molecule has 0 spiro atoms. The molecule has 1 fully saturated rings. The van der Waals surface area contributed by atoms with Gasteiger partial charge >= 0.3 is 0 Å². The molecule has 25 heavy (non-hydrogen) atoms. The smallest absolute Gasteiger partial charge is 0.230 e. The summed E-state index contributed by atoms with van der Waals surface area (Å²) in [5, 5.41) is 7.83. The first-order valence-corrected chi connectivity index (χ1v) is 8.68. The summed E-state index contributed by atoms with van der Waals surface area (Å²) in [4.78, 5) is 12.5. The van der Waals surface area contributed by atoms with Crippen molar-refractivity contribution in [3.8, 4) is 5.75 Å². The maximum atomic E-state index is 12.5. The van der Waals surface area contributed by atoms with Gasteiger partial charge in [-0.3, -0.25) is 4.79 Å². The second kappa shape index (κ2) is 6.97. The number of fused-ring (bicyclic) bond motifs is 1. The topological polar surface area (TPSA) is 64.4 Å². The minimum absolute atomic E-state index is 0.137. The number of rotatable bonds is 5. The first kappa shape index (κ1) is 15.7. The number of aromatic nitrogens is 1. The average molecular weight is 336 g/mol. The highest BCUT2D eigenvalue weighted by Gasteiger charge is 2.19. The van der Waals surface area contributed by atoms with Crippen LogP contribution in [0.1, 0.15) is 31.4 Å². The zero-order chi connectivity index (χ0) is 17.1. The number of nitrogens with one attached hydrogen (secondary N) is 1. The Morgan fingerprint density at radius 3 is 2.76 bits per heavy atom. The molecule has 1 amide bonds. The van der Waals surface area contributed by atoms with Crippen molar-refractivity contribution < 1.29 is 14.1 Å². The lowest BCUT2D eigenvalue weighted by molar-refractivity contribution is -0.115. The highest BCUT2D eigenvalue weighted by molar-refractivity contribution is 5.95. The lowest BCUT2D eigenvalue weighted by Gasteiger charge is -2.16. The van der Waals surface area contributed by atoms with Crippen molar-refractivity contribution in [1.82, 2.24) is 5.16 Å². The Bertz CT molecular complexity index is 881. The number of anilines is 1. The molecule has 1 aromatic heterocycles. The van der Waals surface area contributed by atoms with Gasteiger partial charge in [0.1, 0.15) is 11.4 Å². The van der Waals surface area contributed by atoms with Gasteiger partial charge in [0.15, 0.2) is 5.58 Å². The summed E-state index contributed by atoms with van der Waals surface area (Å²) in [5.41, 5.74) is 2.03. The van der Waals surface area contributed by atoms with Crippen LogP contribution >= 0.6 is 0 Å². The van der Waals surface area contributed by atoms with E-state index in [1.165, 1.54) is 12.8 Å². The molecule has 128 valence electrons. The number of amides is 1. The average Bonchev–Trinajstić information content (AvgIpc) is 3.27. The normalized spacial score (nSPS) is 14.7. The number of carbonyl (C=O) groups is 1. The molecule has 1 aliphatic carbocycles. The molecular formula is C20H20N2O3. The predicted octanol–water partition coefficient (Wildman–Crippen LogP) is 4.33. The van der Waals surface area contributed by atoms with Gasteiger partial charge in [0.25, 0.3) is 0 Å². The zero-order valence-electron chi connectivity index (χ0n) is 13.9. The molecule has 0 bridgehead atoms. The van der Waals surface area contributed by atoms with Crippen LogP contribution in [0.2, 0.25) is 0 Å². The van der Waals surface area contributed by atoms with Gasteiger partial charge in [0.2, 0.25) is 5.91 Å². The third kappa shape index (κ3) is 3.50. The van der Waals surface area contributed by atoms with Gasteiger partial charge in [0, 0.05) is 5.39 Å². The van der Waals surface area contributed by atoms with Crippen LogP contribution in [-0.4, -0.2) is 17.2 Å². The largest absolute Gasteiger partial charge is 0.488 e. The van der Waals surface area contributed by atoms with Gasteiger partial charge in [-0.1, -0.05) is 29.4 Å². The van der Waals surface area contributed by atoms with Crippen LogP contribution in [0, 0.1) is 0 Å². The van der Waals surface area contributed by atoms with Crippen LogP contribution in [0.3, 0.4) is 0 Å². The summed E-state index contributed by atoms with van der Waals surface area (Å²) in [6, 6.07) is 15.1. The van der Waals surface area contributed by atoms with Crippen molar-refractivity contribution in [1.29, 1.82) is 0 Å². The molecular weight excluding hydrogens is 316 g/mol. The van der Waals surface area contributed by atoms with Crippen LogP contribution < -0.4 is 10.1 Å². The van der Waals surface area contributed by atoms with Crippen LogP contribution in [0.25, 0.3) is 11.0 Å². The number of hydrogen-bond donors (Lipinski definition) is 1. The van der Waals surface area contributed by atoms with Gasteiger partial charge in [-0.25, -0.2) is 0 Å². The van der Waals surface area contributed by atoms with Gasteiger partial charge in [0.05, 0.1) is 18.2 Å². The maximum Gasteiger partial charge on any atom is 0.230 e. The molecule has 0 atom stereocenters. The van der Waals surface area contributed by atoms with E-state index in [2.05, 4.69) is 10.5 Å². The molecule has 4 rings (SSSR count). The summed E-state index contributed by atoms with van der Waals surface area (Å²) in [6.07, 6.45) is 4.98. The fourth-order valence-corrected chi connectivity index (χ4v) is 3.27. The summed E-state index contributed by atoms with van der Waals surface area (Å²) in [7, 11) is 0. The van der Waals surface area contributed by atoms with E-state index in [0.717, 1.165) is 24.0 Å². The molecule has 0 radical (unpaired) electrons. The fourth-order valence-electron chi connectivity index (χ4n) is 3.27. The Morgan fingerprint density at radius 1 is 1.12 bits per heavy atom. The van der Waals surface area contributed by atoms with Gasteiger partial charge < -0.3 is 14.6 Å². The number of nitrogens with zero attached hydrogens (tertiary/aromatic N) is 1. The number of ether oxygens (including phenoxy) is 1.